The first-order valence-electron chi connectivity index (χ1n) is 40.8. The van der Waals surface area contributed by atoms with E-state index in [1.807, 2.05) is 45.9 Å². The Labute approximate surface area is 699 Å². The maximum Gasteiger partial charge on any atom is 0.306 e. The van der Waals surface area contributed by atoms with E-state index in [1.54, 1.807) is 75.3 Å². The third kappa shape index (κ3) is 26.4. The summed E-state index contributed by atoms with van der Waals surface area (Å²) in [5.74, 6) is -13.8. The molecule has 1 aliphatic carbocycles. The summed E-state index contributed by atoms with van der Waals surface area (Å²) in [6.45, 7) is 30.0. The third-order valence-electron chi connectivity index (χ3n) is 21.2. The highest BCUT2D eigenvalue weighted by molar-refractivity contribution is 6.21. The van der Waals surface area contributed by atoms with Crippen molar-refractivity contribution >= 4 is 99.9 Å². The molecule has 11 atom stereocenters. The molecular formula is C84H122N18O18. The van der Waals surface area contributed by atoms with E-state index in [2.05, 4.69) is 61.4 Å². The molecule has 0 saturated carbocycles. The van der Waals surface area contributed by atoms with Crippen LogP contribution in [-0.4, -0.2) is 207 Å². The maximum absolute atomic E-state index is 14.9. The smallest absolute Gasteiger partial charge is 0.306 e. The number of fused-ring (bicyclic) bond motifs is 5. The highest BCUT2D eigenvalue weighted by Gasteiger charge is 2.44. The van der Waals surface area contributed by atoms with E-state index in [0.717, 1.165) is 61.1 Å². The lowest BCUT2D eigenvalue weighted by atomic mass is 9.86. The molecule has 7 aliphatic rings. The van der Waals surface area contributed by atoms with Gasteiger partial charge in [0.15, 0.2) is 0 Å². The number of hydrogen-bond acceptors (Lipinski definition) is 23. The number of nitrogens with one attached hydrogen (secondary N) is 9. The summed E-state index contributed by atoms with van der Waals surface area (Å²) in [6.07, 6.45) is 4.84. The molecule has 20 N–H and O–H groups in total. The molecule has 6 heterocycles. The number of unbranched alkanes of at least 4 members (excludes halogenated alkanes) is 1. The lowest BCUT2D eigenvalue weighted by molar-refractivity contribution is -0.155. The SMILES string of the molecule is C=CC1=C(C)C2=NC1=CC1=NC(=CC3=C(C)C4=C(O)CC(=C5NC(=C2)[C@@H](C)[C@@H]5CCC(=O)N[C@H](C(=O)N[C@@H](COC(C)(C)C)C(=O)NCC(=O)N2CCC[C@H]2C(=O)N[C@@H](CC(N)=O)C(=O)N[C@@H](CCC(N)=O)C(=O)N[C@@H](CCC(=O)OC(C)(C)C)C(=O)N[C@@H](CCC(N)=O)C(=O)N[C@@H](CCCCN)C(N)=O)[C@@H](C)OC(C)(C)C)C4=N3)C(CC)=C1C. The van der Waals surface area contributed by atoms with Crippen LogP contribution in [0.5, 0.6) is 0 Å². The van der Waals surface area contributed by atoms with E-state index in [-0.39, 0.29) is 69.2 Å². The Bertz CT molecular complexity index is 4460. The predicted octanol–water partition coefficient (Wildman–Crippen LogP) is 2.29. The largest absolute Gasteiger partial charge is 0.511 e. The van der Waals surface area contributed by atoms with Crippen LogP contribution in [0.2, 0.25) is 0 Å². The van der Waals surface area contributed by atoms with Gasteiger partial charge >= 0.3 is 5.97 Å². The summed E-state index contributed by atoms with van der Waals surface area (Å²) in [5.41, 5.74) is 36.8. The minimum atomic E-state index is -1.88. The van der Waals surface area contributed by atoms with Crippen LogP contribution in [0.1, 0.15) is 207 Å². The van der Waals surface area contributed by atoms with E-state index >= 15 is 0 Å². The lowest BCUT2D eigenvalue weighted by Gasteiger charge is -2.32. The fourth-order valence-electron chi connectivity index (χ4n) is 15.0. The number of allylic oxidation sites excluding steroid dienone is 12. The Morgan fingerprint density at radius 1 is 0.650 bits per heavy atom. The molecule has 0 aromatic rings. The van der Waals surface area contributed by atoms with Gasteiger partial charge in [-0.15, -0.1) is 0 Å². The average Bonchev–Trinajstić information content (AvgIpc) is 1.58. The standard InChI is InChI=1S/C84H122N18O18/c1-17-46-41(3)54-35-56-43(5)48(72(93-56)49-34-63(103)70-44(6)57(94-73(49)70)37-59-47(18-2)42(4)55(92-59)36-58(46)91-54)24-30-67(107)101-71(45(7)119-83(11,12)13)81(117)100-61(40-118-82(8,9)10)75(111)90-39-68(108)102-33-21-23-62(102)80(116)99-60(38-66(88)106)79(115)98-52(26-29-65(87)105)77(113)97-53(27-31-69(109)120-84(14,15)16)78(114)96-51(25-28-64(86)104)76(112)95-50(74(89)110)22-19-20-32-85/h17,35-37,43,45,48,50-53,60-62,71,93,103H,1,18-34,38-40,85H2,2-16H3,(H2,86,104)(H2,87,105)(H2,88,106)(H2,89,110)(H,90,111)(H,95,112)(H,96,114)(H,97,113)(H,98,115)(H,99,116)(H,100,117)(H,101,107)/t43-,45+,48-,50-,51-,52-,53-,60-,61-,62-,71-/m0/s1. The van der Waals surface area contributed by atoms with Crippen LogP contribution in [0.15, 0.2) is 119 Å². The molecule has 0 unspecified atom stereocenters. The number of primary amides is 4. The summed E-state index contributed by atoms with van der Waals surface area (Å²) in [5, 5.41) is 35.7. The van der Waals surface area contributed by atoms with Crippen LogP contribution in [0.25, 0.3) is 0 Å². The number of aliphatic hydroxyl groups is 1. The van der Waals surface area contributed by atoms with Crippen molar-refractivity contribution in [3.8, 4) is 0 Å². The quantitative estimate of drug-likeness (QED) is 0.0308. The van der Waals surface area contributed by atoms with Crippen molar-refractivity contribution in [2.24, 2.45) is 55.5 Å². The van der Waals surface area contributed by atoms with Gasteiger partial charge in [0, 0.05) is 78.6 Å². The molecule has 656 valence electrons. The number of rotatable bonds is 41. The second-order valence-electron chi connectivity index (χ2n) is 34.0. The van der Waals surface area contributed by atoms with Gasteiger partial charge in [-0.3, -0.25) is 67.1 Å². The topological polar surface area (TPSA) is 566 Å². The summed E-state index contributed by atoms with van der Waals surface area (Å²) >= 11 is 0. The van der Waals surface area contributed by atoms with Crippen LogP contribution >= 0.6 is 0 Å². The van der Waals surface area contributed by atoms with Crippen molar-refractivity contribution in [2.75, 3.05) is 26.2 Å². The van der Waals surface area contributed by atoms with E-state index in [0.29, 0.717) is 47.7 Å². The molecule has 0 spiro atoms. The molecular weight excluding hydrogens is 1550 g/mol. The second kappa shape index (κ2) is 41.6. The van der Waals surface area contributed by atoms with Crippen molar-refractivity contribution in [1.29, 1.82) is 0 Å². The fourth-order valence-corrected chi connectivity index (χ4v) is 15.0. The molecule has 36 nitrogen and oxygen atoms in total. The highest BCUT2D eigenvalue weighted by atomic mass is 16.6. The Balaban J connectivity index is 1.07. The van der Waals surface area contributed by atoms with Crippen LogP contribution in [0.4, 0.5) is 0 Å². The molecule has 0 radical (unpaired) electrons. The number of carbonyl (C=O) groups excluding carboxylic acids is 14. The van der Waals surface area contributed by atoms with Crippen molar-refractivity contribution in [1.82, 2.24) is 52.8 Å². The van der Waals surface area contributed by atoms with Crippen LogP contribution < -0.4 is 76.5 Å². The number of aliphatic hydroxyl groups excluding tert-OH is 1. The molecule has 8 bridgehead atoms. The van der Waals surface area contributed by atoms with Gasteiger partial charge < -0.3 is 101 Å². The van der Waals surface area contributed by atoms with Gasteiger partial charge in [0.05, 0.1) is 71.1 Å². The number of aliphatic imine (C=N–C) groups is 3. The number of amides is 13. The van der Waals surface area contributed by atoms with Gasteiger partial charge in [0.1, 0.15) is 59.7 Å². The van der Waals surface area contributed by atoms with Gasteiger partial charge in [-0.05, 0) is 201 Å². The number of esters is 1. The number of likely N-dealkylation sites (tertiary alicyclic amines) is 1. The van der Waals surface area contributed by atoms with Crippen molar-refractivity contribution < 1.29 is 86.4 Å². The zero-order valence-electron chi connectivity index (χ0n) is 71.6. The maximum atomic E-state index is 14.9. The van der Waals surface area contributed by atoms with E-state index in [1.165, 1.54) is 0 Å². The van der Waals surface area contributed by atoms with Gasteiger partial charge in [0.25, 0.3) is 0 Å². The highest BCUT2D eigenvalue weighted by Crippen LogP contribution is 2.47. The summed E-state index contributed by atoms with van der Waals surface area (Å²) in [6, 6.07) is -12.6. The molecule has 36 heteroatoms. The first-order chi connectivity index (χ1) is 56.1. The van der Waals surface area contributed by atoms with Gasteiger partial charge in [-0.25, -0.2) is 15.0 Å². The lowest BCUT2D eigenvalue weighted by Crippen LogP contribution is -2.60. The Morgan fingerprint density at radius 3 is 1.77 bits per heavy atom. The zero-order chi connectivity index (χ0) is 89.3. The Kier molecular flexibility index (Phi) is 33.2. The van der Waals surface area contributed by atoms with E-state index in [9.17, 15) is 72.2 Å². The number of carbonyl (C=O) groups is 14. The normalized spacial score (nSPS) is 19.6. The first kappa shape index (κ1) is 95.9. The van der Waals surface area contributed by atoms with Gasteiger partial charge in [-0.1, -0.05) is 26.5 Å². The minimum absolute atomic E-state index is 0.0000202. The van der Waals surface area contributed by atoms with Crippen molar-refractivity contribution in [3.05, 3.63) is 104 Å². The monoisotopic (exact) mass is 1670 g/mol. The molecule has 7 rings (SSSR count). The van der Waals surface area contributed by atoms with Crippen molar-refractivity contribution in [2.45, 2.75) is 278 Å². The van der Waals surface area contributed by atoms with Crippen molar-refractivity contribution in [3.63, 3.8) is 0 Å². The molecule has 0 aromatic heterocycles. The first-order valence-corrected chi connectivity index (χ1v) is 40.8. The zero-order valence-corrected chi connectivity index (χ0v) is 71.6. The predicted molar refractivity (Wildman–Crippen MR) is 447 cm³/mol. The number of nitrogens with two attached hydrogens (primary N) is 5. The molecule has 0 aromatic carbocycles. The summed E-state index contributed by atoms with van der Waals surface area (Å²) in [7, 11) is 0. The summed E-state index contributed by atoms with van der Waals surface area (Å²) < 4.78 is 17.8. The Hall–Kier alpha value is -11.3. The average molecular weight is 1670 g/mol. The Morgan fingerprint density at radius 2 is 1.23 bits per heavy atom. The summed E-state index contributed by atoms with van der Waals surface area (Å²) in [4.78, 5) is 209. The van der Waals surface area contributed by atoms with E-state index < -0.39 is 212 Å². The molecule has 2 fully saturated rings. The minimum Gasteiger partial charge on any atom is -0.511 e. The van der Waals surface area contributed by atoms with E-state index in [4.69, 9.17) is 57.9 Å². The van der Waals surface area contributed by atoms with Crippen LogP contribution in [0, 0.1) is 11.8 Å². The molecule has 6 aliphatic heterocycles. The number of nitrogens with zero attached hydrogens (tertiary/aromatic N) is 4. The second-order valence-corrected chi connectivity index (χ2v) is 34.0. The molecule has 2 saturated heterocycles. The van der Waals surface area contributed by atoms with Crippen LogP contribution in [-0.2, 0) is 81.3 Å². The third-order valence-corrected chi connectivity index (χ3v) is 21.2. The number of hydrogen-bond donors (Lipinski definition) is 15. The van der Waals surface area contributed by atoms with Gasteiger partial charge in [0.2, 0.25) is 76.8 Å². The fraction of sp³-hybridized carbons (Fsp3) is 0.583. The number of ether oxygens (including phenoxy) is 3. The molecule has 120 heavy (non-hydrogen) atoms. The van der Waals surface area contributed by atoms with Crippen LogP contribution in [0.3, 0.4) is 0 Å². The molecule has 13 amide bonds. The van der Waals surface area contributed by atoms with Gasteiger partial charge in [-0.2, -0.15) is 0 Å².